The van der Waals surface area contributed by atoms with E-state index in [0.717, 1.165) is 19.3 Å². The van der Waals surface area contributed by atoms with Crippen molar-refractivity contribution in [1.29, 1.82) is 0 Å². The first kappa shape index (κ1) is 51.6. The van der Waals surface area contributed by atoms with E-state index in [1.54, 1.807) is 6.92 Å². The largest absolute Gasteiger partial charge is 0.476 e. The van der Waals surface area contributed by atoms with E-state index in [1.165, 1.54) is 6.92 Å². The molecular weight excluding hydrogens is 748 g/mol. The predicted octanol–water partition coefficient (Wildman–Crippen LogP) is 7.17. The lowest BCUT2D eigenvalue weighted by Gasteiger charge is -2.61. The summed E-state index contributed by atoms with van der Waals surface area (Å²) in [6.45, 7) is 36.4. The standard InChI is InChI=1S/C43H74N4O11/c1-28(2)33(48)54-21-20-53-32(7)44-18-16-30(5)24-40(8,9)26-46-38(51)57-35-42(12,13)36(43(35,14)15)58-39(52)47-27-41(10,11)25-31(6)17-19-45-37(50)56-23-22-55-34(49)29(3)4/h30-31,35-36,44H,1,3,7,16-27H2,2,4-6,8-15H3,(H,45,50)(H,46,51)(H,47,52). The van der Waals surface area contributed by atoms with Gasteiger partial charge in [-0.25, -0.2) is 24.0 Å². The van der Waals surface area contributed by atoms with E-state index in [1.807, 2.05) is 27.7 Å². The maximum atomic E-state index is 13.0. The Morgan fingerprint density at radius 3 is 1.33 bits per heavy atom. The topological polar surface area (TPSA) is 189 Å². The second kappa shape index (κ2) is 23.2. The fourth-order valence-corrected chi connectivity index (χ4v) is 7.65. The molecule has 0 spiro atoms. The van der Waals surface area contributed by atoms with Crippen molar-refractivity contribution < 1.29 is 52.4 Å². The second-order valence-corrected chi connectivity index (χ2v) is 18.5. The van der Waals surface area contributed by atoms with E-state index in [2.05, 4.69) is 82.5 Å². The minimum atomic E-state index is -0.620. The van der Waals surface area contributed by atoms with Gasteiger partial charge in [-0.2, -0.15) is 0 Å². The van der Waals surface area contributed by atoms with Gasteiger partial charge in [0, 0.05) is 48.2 Å². The van der Waals surface area contributed by atoms with E-state index >= 15 is 0 Å². The lowest BCUT2D eigenvalue weighted by atomic mass is 9.51. The van der Waals surface area contributed by atoms with Crippen LogP contribution in [0.2, 0.25) is 0 Å². The maximum Gasteiger partial charge on any atom is 0.407 e. The van der Waals surface area contributed by atoms with Crippen molar-refractivity contribution in [2.45, 2.75) is 121 Å². The molecule has 0 aromatic rings. The number of hydrogen-bond acceptors (Lipinski definition) is 12. The Balaban J connectivity index is 2.43. The molecule has 15 nitrogen and oxygen atoms in total. The Hall–Kier alpha value is -4.43. The average Bonchev–Trinajstić information content (AvgIpc) is 3.10. The second-order valence-electron chi connectivity index (χ2n) is 18.5. The molecule has 2 unspecified atom stereocenters. The molecule has 3 amide bonds. The summed E-state index contributed by atoms with van der Waals surface area (Å²) in [6.07, 6.45) is 0.595. The van der Waals surface area contributed by atoms with Crippen LogP contribution in [-0.4, -0.2) is 95.0 Å². The zero-order chi connectivity index (χ0) is 44.5. The van der Waals surface area contributed by atoms with E-state index in [4.69, 9.17) is 28.4 Å². The van der Waals surface area contributed by atoms with Crippen LogP contribution in [0, 0.1) is 33.5 Å². The molecular formula is C43H74N4O11. The number of rotatable bonds is 26. The van der Waals surface area contributed by atoms with Crippen molar-refractivity contribution in [2.24, 2.45) is 33.5 Å². The molecule has 58 heavy (non-hydrogen) atoms. The molecule has 0 radical (unpaired) electrons. The third kappa shape index (κ3) is 18.9. The van der Waals surface area contributed by atoms with Gasteiger partial charge >= 0.3 is 30.2 Å². The minimum absolute atomic E-state index is 0.0437. The number of ether oxygens (including phenoxy) is 6. The van der Waals surface area contributed by atoms with Crippen molar-refractivity contribution in [2.75, 3.05) is 52.6 Å². The smallest absolute Gasteiger partial charge is 0.407 e. The van der Waals surface area contributed by atoms with Gasteiger partial charge in [0.1, 0.15) is 38.6 Å². The van der Waals surface area contributed by atoms with Gasteiger partial charge in [-0.15, -0.1) is 0 Å². The quantitative estimate of drug-likeness (QED) is 0.0227. The van der Waals surface area contributed by atoms with Gasteiger partial charge < -0.3 is 49.7 Å². The Labute approximate surface area is 347 Å². The molecule has 0 aromatic carbocycles. The van der Waals surface area contributed by atoms with Gasteiger partial charge in [-0.1, -0.05) is 82.4 Å². The van der Waals surface area contributed by atoms with Crippen LogP contribution in [0.25, 0.3) is 0 Å². The molecule has 0 heterocycles. The number of nitrogens with one attached hydrogen (secondary N) is 4. The fraction of sp³-hybridized carbons (Fsp3) is 0.744. The van der Waals surface area contributed by atoms with E-state index in [9.17, 15) is 24.0 Å². The van der Waals surface area contributed by atoms with Gasteiger partial charge in [0.15, 0.2) is 5.88 Å². The summed E-state index contributed by atoms with van der Waals surface area (Å²) in [4.78, 5) is 60.8. The molecule has 0 aromatic heterocycles. The van der Waals surface area contributed by atoms with Crippen LogP contribution in [0.15, 0.2) is 36.8 Å². The molecule has 1 rings (SSSR count). The van der Waals surface area contributed by atoms with Gasteiger partial charge in [0.05, 0.1) is 0 Å². The van der Waals surface area contributed by atoms with Gasteiger partial charge in [0.2, 0.25) is 0 Å². The first-order valence-corrected chi connectivity index (χ1v) is 20.2. The third-order valence-corrected chi connectivity index (χ3v) is 10.1. The summed E-state index contributed by atoms with van der Waals surface area (Å²) >= 11 is 0. The SMILES string of the molecule is C=C(NCCC(C)CC(C)(C)CNC(=O)OC1C(C)(C)C(OC(=O)NCC(C)(C)CC(C)CCNC(=O)OCCOC(=O)C(=C)C)C1(C)C)OCCOC(=O)C(=C)C. The monoisotopic (exact) mass is 823 g/mol. The molecule has 0 aliphatic heterocycles. The Bertz CT molecular complexity index is 1320. The van der Waals surface area contributed by atoms with Crippen molar-refractivity contribution >= 4 is 30.2 Å². The summed E-state index contributed by atoms with van der Waals surface area (Å²) in [5, 5.41) is 11.7. The molecule has 1 aliphatic carbocycles. The van der Waals surface area contributed by atoms with Crippen molar-refractivity contribution in [3.05, 3.63) is 36.8 Å². The predicted molar refractivity (Wildman–Crippen MR) is 222 cm³/mol. The average molecular weight is 823 g/mol. The molecule has 0 saturated heterocycles. The van der Waals surface area contributed by atoms with Crippen LogP contribution in [0.5, 0.6) is 0 Å². The molecule has 1 fully saturated rings. The molecule has 2 atom stereocenters. The lowest BCUT2D eigenvalue weighted by molar-refractivity contribution is -0.244. The van der Waals surface area contributed by atoms with Crippen LogP contribution in [0.1, 0.15) is 109 Å². The number of carbonyl (C=O) groups excluding carboxylic acids is 5. The van der Waals surface area contributed by atoms with Crippen molar-refractivity contribution in [3.63, 3.8) is 0 Å². The highest BCUT2D eigenvalue weighted by Gasteiger charge is 2.66. The van der Waals surface area contributed by atoms with Crippen molar-refractivity contribution in [3.8, 4) is 0 Å². The Morgan fingerprint density at radius 1 is 0.569 bits per heavy atom. The number of amides is 3. The van der Waals surface area contributed by atoms with Crippen LogP contribution in [-0.2, 0) is 38.0 Å². The van der Waals surface area contributed by atoms with E-state index in [-0.39, 0.29) is 48.7 Å². The molecule has 1 saturated carbocycles. The summed E-state index contributed by atoms with van der Waals surface area (Å²) in [6, 6.07) is 0. The van der Waals surface area contributed by atoms with Crippen LogP contribution in [0.3, 0.4) is 0 Å². The van der Waals surface area contributed by atoms with E-state index in [0.29, 0.717) is 50.0 Å². The Morgan fingerprint density at radius 2 is 0.931 bits per heavy atom. The lowest BCUT2D eigenvalue weighted by Crippen LogP contribution is -2.70. The van der Waals surface area contributed by atoms with Gasteiger partial charge in [0.25, 0.3) is 0 Å². The zero-order valence-electron chi connectivity index (χ0n) is 37.4. The molecule has 0 bridgehead atoms. The minimum Gasteiger partial charge on any atom is -0.476 e. The number of hydrogen-bond donors (Lipinski definition) is 4. The molecule has 1 aliphatic rings. The van der Waals surface area contributed by atoms with E-state index < -0.39 is 53.3 Å². The number of esters is 2. The van der Waals surface area contributed by atoms with Gasteiger partial charge in [-0.3, -0.25) is 0 Å². The first-order chi connectivity index (χ1) is 26.7. The van der Waals surface area contributed by atoms with Crippen LogP contribution < -0.4 is 21.3 Å². The Kier molecular flexibility index (Phi) is 20.7. The maximum absolute atomic E-state index is 13.0. The highest BCUT2D eigenvalue weighted by Crippen LogP contribution is 2.57. The summed E-state index contributed by atoms with van der Waals surface area (Å²) < 4.78 is 32.3. The molecule has 15 heteroatoms. The van der Waals surface area contributed by atoms with Gasteiger partial charge in [-0.05, 0) is 68.8 Å². The number of carbonyl (C=O) groups is 5. The summed E-state index contributed by atoms with van der Waals surface area (Å²) in [7, 11) is 0. The van der Waals surface area contributed by atoms with Crippen LogP contribution in [0.4, 0.5) is 14.4 Å². The third-order valence-electron chi connectivity index (χ3n) is 10.1. The highest BCUT2D eigenvalue weighted by molar-refractivity contribution is 5.87. The zero-order valence-corrected chi connectivity index (χ0v) is 37.4. The molecule has 4 N–H and O–H groups in total. The normalized spacial score (nSPS) is 17.8. The fourth-order valence-electron chi connectivity index (χ4n) is 7.65. The highest BCUT2D eigenvalue weighted by atomic mass is 16.6. The summed E-state index contributed by atoms with van der Waals surface area (Å²) in [5.41, 5.74) is -1.08. The van der Waals surface area contributed by atoms with Crippen molar-refractivity contribution in [1.82, 2.24) is 21.3 Å². The van der Waals surface area contributed by atoms with Crippen LogP contribution >= 0.6 is 0 Å². The number of alkyl carbamates (subject to hydrolysis) is 3. The first-order valence-electron chi connectivity index (χ1n) is 20.2. The summed E-state index contributed by atoms with van der Waals surface area (Å²) in [5.74, 6) is -0.00236. The molecule has 332 valence electrons.